The smallest absolute Gasteiger partial charge is 0.301 e. The number of hydrogen-bond acceptors (Lipinski definition) is 3. The van der Waals surface area contributed by atoms with E-state index in [9.17, 15) is 5.11 Å². The number of aromatic nitrogens is 1. The molecule has 0 fully saturated rings. The standard InChI is InChI=1S/C11H11NO2S/c1-6-4-8(3)9(5-7(6)2)10-11(13)14-12-15-10/h4-5H,1-3H3. The van der Waals surface area contributed by atoms with Crippen molar-refractivity contribution in [2.75, 3.05) is 0 Å². The van der Waals surface area contributed by atoms with Crippen LogP contribution in [0.2, 0.25) is 0 Å². The van der Waals surface area contributed by atoms with Crippen LogP contribution in [-0.2, 0) is 0 Å². The van der Waals surface area contributed by atoms with E-state index in [1.807, 2.05) is 19.9 Å². The second-order valence-corrected chi connectivity index (χ2v) is 4.36. The predicted octanol–water partition coefficient (Wildman–Crippen LogP) is 2.68. The highest BCUT2D eigenvalue weighted by Gasteiger charge is 2.15. The molecule has 0 aliphatic carbocycles. The number of hydrogen-bond donors (Lipinski definition) is 0. The van der Waals surface area contributed by atoms with E-state index in [0.29, 0.717) is 4.88 Å². The maximum absolute atomic E-state index is 11.3. The van der Waals surface area contributed by atoms with Crippen LogP contribution in [0.1, 0.15) is 16.7 Å². The summed E-state index contributed by atoms with van der Waals surface area (Å²) >= 11 is 1.10. The van der Waals surface area contributed by atoms with Gasteiger partial charge in [0.05, 0.1) is 0 Å². The summed E-state index contributed by atoms with van der Waals surface area (Å²) in [5.41, 5.74) is 4.40. The molecule has 2 aromatic rings. The van der Waals surface area contributed by atoms with Gasteiger partial charge in [0.1, 0.15) is 4.88 Å². The lowest BCUT2D eigenvalue weighted by Gasteiger charge is -2.06. The van der Waals surface area contributed by atoms with Crippen LogP contribution in [0.25, 0.3) is 10.4 Å². The van der Waals surface area contributed by atoms with Gasteiger partial charge in [0.2, 0.25) is 0 Å². The highest BCUT2D eigenvalue weighted by molar-refractivity contribution is 7.09. The lowest BCUT2D eigenvalue weighted by molar-refractivity contribution is -0.296. The summed E-state index contributed by atoms with van der Waals surface area (Å²) in [6.07, 6.45) is 0. The lowest BCUT2D eigenvalue weighted by atomic mass is 10.0. The first-order chi connectivity index (χ1) is 7.09. The minimum Gasteiger partial charge on any atom is -0.301 e. The van der Waals surface area contributed by atoms with Gasteiger partial charge in [0.15, 0.2) is 0 Å². The van der Waals surface area contributed by atoms with Gasteiger partial charge in [-0.1, -0.05) is 6.07 Å². The Bertz CT molecular complexity index is 505. The van der Waals surface area contributed by atoms with E-state index in [2.05, 4.69) is 22.1 Å². The van der Waals surface area contributed by atoms with Gasteiger partial charge in [0, 0.05) is 17.1 Å². The van der Waals surface area contributed by atoms with Crippen molar-refractivity contribution in [3.05, 3.63) is 28.8 Å². The van der Waals surface area contributed by atoms with Crippen LogP contribution in [0.4, 0.5) is 0 Å². The first-order valence-electron chi connectivity index (χ1n) is 4.63. The van der Waals surface area contributed by atoms with Crippen LogP contribution in [0, 0.1) is 20.8 Å². The molecule has 1 aromatic heterocycles. The summed E-state index contributed by atoms with van der Waals surface area (Å²) in [6.45, 7) is 6.07. The molecular weight excluding hydrogens is 210 g/mol. The third-order valence-corrected chi connectivity index (χ3v) is 3.24. The number of benzene rings is 1. The van der Waals surface area contributed by atoms with Gasteiger partial charge in [0.25, 0.3) is 0 Å². The quantitative estimate of drug-likeness (QED) is 0.695. The van der Waals surface area contributed by atoms with Crippen molar-refractivity contribution in [1.29, 1.82) is 0 Å². The van der Waals surface area contributed by atoms with Gasteiger partial charge >= 0.3 is 5.95 Å². The maximum atomic E-state index is 11.3. The Morgan fingerprint density at radius 2 is 1.80 bits per heavy atom. The zero-order valence-corrected chi connectivity index (χ0v) is 9.64. The Hall–Kier alpha value is -1.42. The van der Waals surface area contributed by atoms with Crippen molar-refractivity contribution in [3.8, 4) is 16.4 Å². The highest BCUT2D eigenvalue weighted by Crippen LogP contribution is 2.34. The Kier molecular flexibility index (Phi) is 2.44. The van der Waals surface area contributed by atoms with E-state index in [1.165, 1.54) is 11.1 Å². The van der Waals surface area contributed by atoms with Crippen LogP contribution in [-0.4, -0.2) is 4.55 Å². The van der Waals surface area contributed by atoms with Crippen molar-refractivity contribution < 1.29 is 9.63 Å². The zero-order valence-electron chi connectivity index (χ0n) is 8.83. The first kappa shape index (κ1) is 10.1. The average molecular weight is 221 g/mol. The van der Waals surface area contributed by atoms with Crippen molar-refractivity contribution in [3.63, 3.8) is 0 Å². The molecule has 0 spiro atoms. The molecule has 0 radical (unpaired) electrons. The topological polar surface area (TPSA) is 47.2 Å². The third-order valence-electron chi connectivity index (χ3n) is 2.52. The Labute approximate surface area is 92.1 Å². The molecule has 0 amide bonds. The average Bonchev–Trinajstić information content (AvgIpc) is 2.58. The predicted molar refractivity (Wildman–Crippen MR) is 57.9 cm³/mol. The van der Waals surface area contributed by atoms with E-state index in [1.54, 1.807) is 0 Å². The fraction of sp³-hybridized carbons (Fsp3) is 0.273. The summed E-state index contributed by atoms with van der Waals surface area (Å²) in [5.74, 6) is -0.355. The van der Waals surface area contributed by atoms with Crippen molar-refractivity contribution in [2.24, 2.45) is 0 Å². The lowest BCUT2D eigenvalue weighted by Crippen LogP contribution is -1.92. The second kappa shape index (κ2) is 3.62. The van der Waals surface area contributed by atoms with E-state index in [0.717, 1.165) is 22.7 Å². The Morgan fingerprint density at radius 3 is 2.40 bits per heavy atom. The van der Waals surface area contributed by atoms with Crippen LogP contribution in [0.5, 0.6) is 5.95 Å². The molecule has 0 saturated heterocycles. The fourth-order valence-electron chi connectivity index (χ4n) is 1.53. The summed E-state index contributed by atoms with van der Waals surface area (Å²) in [4.78, 5) is 0.579. The van der Waals surface area contributed by atoms with Gasteiger partial charge < -0.3 is 4.52 Å². The van der Waals surface area contributed by atoms with E-state index in [4.69, 9.17) is 0 Å². The van der Waals surface area contributed by atoms with Crippen molar-refractivity contribution in [2.45, 2.75) is 20.8 Å². The molecule has 0 bridgehead atoms. The van der Waals surface area contributed by atoms with Crippen molar-refractivity contribution in [1.82, 2.24) is 4.55 Å². The fourth-order valence-corrected chi connectivity index (χ4v) is 2.14. The van der Waals surface area contributed by atoms with E-state index < -0.39 is 0 Å². The number of nitrogens with zero attached hydrogens (tertiary/aromatic N) is 1. The molecule has 2 rings (SSSR count). The monoisotopic (exact) mass is 221 g/mol. The van der Waals surface area contributed by atoms with Gasteiger partial charge in [-0.3, -0.25) is 0 Å². The third kappa shape index (κ3) is 1.72. The molecule has 4 heteroatoms. The van der Waals surface area contributed by atoms with Gasteiger partial charge in [-0.05, 0) is 48.1 Å². The molecule has 1 aromatic carbocycles. The minimum absolute atomic E-state index is 0.355. The zero-order chi connectivity index (χ0) is 11.0. The maximum Gasteiger partial charge on any atom is 0.379 e. The molecule has 3 nitrogen and oxygen atoms in total. The second-order valence-electron chi connectivity index (χ2n) is 3.63. The highest BCUT2D eigenvalue weighted by atomic mass is 32.1. The molecule has 0 N–H and O–H groups in total. The van der Waals surface area contributed by atoms with Gasteiger partial charge in [-0.15, -0.1) is 0 Å². The molecule has 78 valence electrons. The molecule has 0 aliphatic heterocycles. The normalized spacial score (nSPS) is 10.6. The van der Waals surface area contributed by atoms with Gasteiger partial charge in [-0.25, -0.2) is 5.11 Å². The van der Waals surface area contributed by atoms with Crippen LogP contribution < -0.4 is 5.11 Å². The van der Waals surface area contributed by atoms with E-state index >= 15 is 0 Å². The molecule has 1 heterocycles. The number of rotatable bonds is 1. The summed E-state index contributed by atoms with van der Waals surface area (Å²) in [7, 11) is 0. The molecule has 0 saturated carbocycles. The van der Waals surface area contributed by atoms with E-state index in [-0.39, 0.29) is 5.95 Å². The Balaban J connectivity index is 2.64. The first-order valence-corrected chi connectivity index (χ1v) is 5.41. The summed E-state index contributed by atoms with van der Waals surface area (Å²) in [5, 5.41) is 11.3. The van der Waals surface area contributed by atoms with Crippen LogP contribution in [0.15, 0.2) is 16.7 Å². The Morgan fingerprint density at radius 1 is 1.13 bits per heavy atom. The van der Waals surface area contributed by atoms with Crippen LogP contribution >= 0.6 is 11.5 Å². The minimum atomic E-state index is -0.355. The largest absolute Gasteiger partial charge is 0.379 e. The molecular formula is C11H11NO2S. The molecule has 0 aliphatic rings. The SMILES string of the molecule is Cc1cc(C)c(-c2sn[o+]c2[O-])cc1C. The molecule has 0 atom stereocenters. The summed E-state index contributed by atoms with van der Waals surface area (Å²) in [6, 6.07) is 4.08. The number of aryl methyl sites for hydroxylation is 3. The van der Waals surface area contributed by atoms with Crippen molar-refractivity contribution >= 4 is 11.5 Å². The van der Waals surface area contributed by atoms with Crippen LogP contribution in [0.3, 0.4) is 0 Å². The summed E-state index contributed by atoms with van der Waals surface area (Å²) < 4.78 is 8.10. The van der Waals surface area contributed by atoms with Gasteiger partial charge in [-0.2, -0.15) is 0 Å². The molecule has 15 heavy (non-hydrogen) atoms. The molecule has 0 unspecified atom stereocenters.